The lowest BCUT2D eigenvalue weighted by molar-refractivity contribution is 0.0591. The number of carbonyl (C=O) groups is 1. The molecule has 0 saturated carbocycles. The van der Waals surface area contributed by atoms with Crippen LogP contribution in [-0.4, -0.2) is 47.9 Å². The zero-order chi connectivity index (χ0) is 18.0. The summed E-state index contributed by atoms with van der Waals surface area (Å²) in [4.78, 5) is 28.3. The Morgan fingerprint density at radius 3 is 2.72 bits per heavy atom. The van der Waals surface area contributed by atoms with Crippen LogP contribution in [-0.2, 0) is 18.4 Å². The zero-order valence-corrected chi connectivity index (χ0v) is 13.4. The van der Waals surface area contributed by atoms with Crippen LogP contribution in [0.4, 0.5) is 0 Å². The number of aliphatic hydroxyl groups is 1. The van der Waals surface area contributed by atoms with Gasteiger partial charge < -0.3 is 9.84 Å². The van der Waals surface area contributed by atoms with Gasteiger partial charge in [-0.1, -0.05) is 5.21 Å². The van der Waals surface area contributed by atoms with Crippen LogP contribution in [0.3, 0.4) is 0 Å². The third-order valence-corrected chi connectivity index (χ3v) is 3.53. The van der Waals surface area contributed by atoms with E-state index in [0.717, 1.165) is 4.68 Å². The number of ether oxygens (including phenoxy) is 1. The standard InChI is InChI=1S/C15H14N6O4/c1-20-13(7-17-19-20)9-3-11(6-16-5-9)21-14(23)10(8-22)4-12(18-21)15(24)25-2/h3-7,22H,8H2,1-2H3. The van der Waals surface area contributed by atoms with Crippen molar-refractivity contribution >= 4 is 5.97 Å². The highest BCUT2D eigenvalue weighted by molar-refractivity contribution is 5.87. The molecule has 3 aromatic rings. The molecule has 0 spiro atoms. The average molecular weight is 342 g/mol. The van der Waals surface area contributed by atoms with Crippen LogP contribution in [0.25, 0.3) is 16.9 Å². The Kier molecular flexibility index (Phi) is 4.35. The summed E-state index contributed by atoms with van der Waals surface area (Å²) in [5.74, 6) is -0.719. The largest absolute Gasteiger partial charge is 0.464 e. The van der Waals surface area contributed by atoms with Crippen LogP contribution >= 0.6 is 0 Å². The Morgan fingerprint density at radius 1 is 1.28 bits per heavy atom. The molecule has 0 aliphatic carbocycles. The summed E-state index contributed by atoms with van der Waals surface area (Å²) in [6.07, 6.45) is 4.56. The normalized spacial score (nSPS) is 10.7. The second-order valence-electron chi connectivity index (χ2n) is 5.10. The van der Waals surface area contributed by atoms with Gasteiger partial charge >= 0.3 is 5.97 Å². The van der Waals surface area contributed by atoms with Gasteiger partial charge in [0, 0.05) is 24.4 Å². The molecule has 3 aromatic heterocycles. The first kappa shape index (κ1) is 16.5. The van der Waals surface area contributed by atoms with Gasteiger partial charge in [0.2, 0.25) is 0 Å². The minimum Gasteiger partial charge on any atom is -0.464 e. The van der Waals surface area contributed by atoms with Crippen LogP contribution in [0.1, 0.15) is 16.1 Å². The number of aromatic nitrogens is 6. The molecule has 0 aliphatic rings. The third kappa shape index (κ3) is 3.02. The fraction of sp³-hybridized carbons (Fsp3) is 0.200. The third-order valence-electron chi connectivity index (χ3n) is 3.53. The van der Waals surface area contributed by atoms with Crippen molar-refractivity contribution in [1.29, 1.82) is 0 Å². The first-order valence-corrected chi connectivity index (χ1v) is 7.18. The Bertz CT molecular complexity index is 994. The summed E-state index contributed by atoms with van der Waals surface area (Å²) in [5, 5.41) is 21.0. The quantitative estimate of drug-likeness (QED) is 0.641. The smallest absolute Gasteiger partial charge is 0.358 e. The van der Waals surface area contributed by atoms with Crippen molar-refractivity contribution in [3.8, 4) is 16.9 Å². The second kappa shape index (κ2) is 6.61. The highest BCUT2D eigenvalue weighted by Crippen LogP contribution is 2.18. The molecule has 3 rings (SSSR count). The molecule has 128 valence electrons. The number of methoxy groups -OCH3 is 1. The minimum atomic E-state index is -0.719. The lowest BCUT2D eigenvalue weighted by atomic mass is 10.2. The predicted octanol–water partition coefficient (Wildman–Crippen LogP) is -0.298. The van der Waals surface area contributed by atoms with E-state index in [4.69, 9.17) is 0 Å². The molecular formula is C15H14N6O4. The van der Waals surface area contributed by atoms with Gasteiger partial charge in [-0.2, -0.15) is 9.78 Å². The molecule has 3 heterocycles. The Morgan fingerprint density at radius 2 is 2.08 bits per heavy atom. The molecule has 0 atom stereocenters. The average Bonchev–Trinajstić information content (AvgIpc) is 3.07. The summed E-state index contributed by atoms with van der Waals surface area (Å²) in [5.41, 5.74) is 1.03. The van der Waals surface area contributed by atoms with Crippen molar-refractivity contribution in [2.75, 3.05) is 7.11 Å². The van der Waals surface area contributed by atoms with E-state index in [9.17, 15) is 14.7 Å². The molecule has 0 unspecified atom stereocenters. The lowest BCUT2D eigenvalue weighted by Crippen LogP contribution is -2.27. The first-order valence-electron chi connectivity index (χ1n) is 7.18. The Labute approximate surface area is 141 Å². The number of aryl methyl sites for hydroxylation is 1. The van der Waals surface area contributed by atoms with E-state index in [-0.39, 0.29) is 11.3 Å². The van der Waals surface area contributed by atoms with Crippen LogP contribution < -0.4 is 5.56 Å². The summed E-state index contributed by atoms with van der Waals surface area (Å²) in [6.45, 7) is -0.538. The number of pyridine rings is 1. The second-order valence-corrected chi connectivity index (χ2v) is 5.10. The van der Waals surface area contributed by atoms with Crippen molar-refractivity contribution in [2.24, 2.45) is 7.05 Å². The molecule has 1 N–H and O–H groups in total. The van der Waals surface area contributed by atoms with Gasteiger partial charge in [0.25, 0.3) is 5.56 Å². The van der Waals surface area contributed by atoms with Gasteiger partial charge in [0.1, 0.15) is 0 Å². The molecule has 0 aliphatic heterocycles. The van der Waals surface area contributed by atoms with Gasteiger partial charge in [-0.25, -0.2) is 9.48 Å². The van der Waals surface area contributed by atoms with Crippen molar-refractivity contribution in [3.63, 3.8) is 0 Å². The summed E-state index contributed by atoms with van der Waals surface area (Å²) in [6, 6.07) is 2.86. The van der Waals surface area contributed by atoms with E-state index in [0.29, 0.717) is 16.9 Å². The highest BCUT2D eigenvalue weighted by Gasteiger charge is 2.16. The molecule has 25 heavy (non-hydrogen) atoms. The molecular weight excluding hydrogens is 328 g/mol. The van der Waals surface area contributed by atoms with Crippen LogP contribution in [0.15, 0.2) is 35.5 Å². The van der Waals surface area contributed by atoms with Gasteiger partial charge in [-0.15, -0.1) is 5.10 Å². The Hall–Kier alpha value is -3.40. The van der Waals surface area contributed by atoms with Gasteiger partial charge in [0.05, 0.1) is 37.5 Å². The first-order chi connectivity index (χ1) is 12.0. The molecule has 0 amide bonds. The van der Waals surface area contributed by atoms with Crippen molar-refractivity contribution in [2.45, 2.75) is 6.61 Å². The number of hydrogen-bond acceptors (Lipinski definition) is 8. The molecule has 0 bridgehead atoms. The van der Waals surface area contributed by atoms with Gasteiger partial charge in [-0.3, -0.25) is 9.78 Å². The molecule has 0 saturated heterocycles. The summed E-state index contributed by atoms with van der Waals surface area (Å²) in [7, 11) is 2.93. The number of hydrogen-bond donors (Lipinski definition) is 1. The van der Waals surface area contributed by atoms with E-state index in [2.05, 4.69) is 25.1 Å². The molecule has 0 aromatic carbocycles. The number of nitrogens with zero attached hydrogens (tertiary/aromatic N) is 6. The SMILES string of the molecule is COC(=O)c1cc(CO)c(=O)n(-c2cncc(-c3cnnn3C)c2)n1. The van der Waals surface area contributed by atoms with E-state index in [1.807, 2.05) is 0 Å². The van der Waals surface area contributed by atoms with Crippen molar-refractivity contribution < 1.29 is 14.6 Å². The van der Waals surface area contributed by atoms with Gasteiger partial charge in [0.15, 0.2) is 5.69 Å². The molecule has 10 nitrogen and oxygen atoms in total. The lowest BCUT2D eigenvalue weighted by Gasteiger charge is -2.09. The maximum Gasteiger partial charge on any atom is 0.358 e. The summed E-state index contributed by atoms with van der Waals surface area (Å²) >= 11 is 0. The number of aliphatic hydroxyl groups excluding tert-OH is 1. The molecule has 10 heteroatoms. The van der Waals surface area contributed by atoms with Crippen LogP contribution in [0.5, 0.6) is 0 Å². The van der Waals surface area contributed by atoms with Crippen LogP contribution in [0, 0.1) is 0 Å². The monoisotopic (exact) mass is 342 g/mol. The maximum atomic E-state index is 12.5. The molecule has 0 radical (unpaired) electrons. The minimum absolute atomic E-state index is 0.0167. The van der Waals surface area contributed by atoms with Crippen LogP contribution in [0.2, 0.25) is 0 Å². The van der Waals surface area contributed by atoms with E-state index < -0.39 is 18.1 Å². The Balaban J connectivity index is 2.18. The van der Waals surface area contributed by atoms with Gasteiger partial charge in [-0.05, 0) is 12.1 Å². The van der Waals surface area contributed by atoms with E-state index >= 15 is 0 Å². The number of rotatable bonds is 4. The fourth-order valence-corrected chi connectivity index (χ4v) is 2.27. The van der Waals surface area contributed by atoms with E-state index in [1.165, 1.54) is 19.4 Å². The zero-order valence-electron chi connectivity index (χ0n) is 13.4. The predicted molar refractivity (Wildman–Crippen MR) is 84.9 cm³/mol. The number of carbonyl (C=O) groups excluding carboxylic acids is 1. The summed E-state index contributed by atoms with van der Waals surface area (Å²) < 4.78 is 7.19. The van der Waals surface area contributed by atoms with Crippen molar-refractivity contribution in [3.05, 3.63) is 52.3 Å². The highest BCUT2D eigenvalue weighted by atomic mass is 16.5. The maximum absolute atomic E-state index is 12.5. The van der Waals surface area contributed by atoms with Crippen molar-refractivity contribution in [1.82, 2.24) is 29.8 Å². The topological polar surface area (TPSA) is 125 Å². The fourth-order valence-electron chi connectivity index (χ4n) is 2.27. The van der Waals surface area contributed by atoms with E-state index in [1.54, 1.807) is 30.2 Å². The molecule has 0 fully saturated rings. The number of esters is 1.